The molecule has 2 unspecified atom stereocenters. The average Bonchev–Trinajstić information content (AvgIpc) is 2.47. The van der Waals surface area contributed by atoms with E-state index in [0.717, 1.165) is 11.5 Å². The first kappa shape index (κ1) is 10.8. The SMILES string of the molecule is CCC(C)C1C(Cl)=CON1COC. The van der Waals surface area contributed by atoms with E-state index < -0.39 is 0 Å². The smallest absolute Gasteiger partial charge is 0.133 e. The highest BCUT2D eigenvalue weighted by Gasteiger charge is 2.32. The Hall–Kier alpha value is -0.250. The van der Waals surface area contributed by atoms with Gasteiger partial charge in [-0.1, -0.05) is 31.9 Å². The van der Waals surface area contributed by atoms with Gasteiger partial charge in [0.25, 0.3) is 0 Å². The van der Waals surface area contributed by atoms with Crippen LogP contribution >= 0.6 is 11.6 Å². The van der Waals surface area contributed by atoms with Crippen LogP contribution < -0.4 is 0 Å². The first-order valence-electron chi connectivity index (χ1n) is 4.48. The Kier molecular flexibility index (Phi) is 4.03. The van der Waals surface area contributed by atoms with E-state index in [1.165, 1.54) is 0 Å². The van der Waals surface area contributed by atoms with Crippen molar-refractivity contribution in [3.05, 3.63) is 11.3 Å². The lowest BCUT2D eigenvalue weighted by atomic mass is 9.99. The molecule has 0 aromatic rings. The third-order valence-corrected chi connectivity index (χ3v) is 2.65. The van der Waals surface area contributed by atoms with Crippen LogP contribution in [0.5, 0.6) is 0 Å². The summed E-state index contributed by atoms with van der Waals surface area (Å²) < 4.78 is 5.01. The summed E-state index contributed by atoms with van der Waals surface area (Å²) in [5.41, 5.74) is 0. The standard InChI is InChI=1S/C9H16ClNO2/c1-4-7(2)9-8(10)5-13-11(9)6-12-3/h5,7,9H,4,6H2,1-3H3. The molecule has 3 nitrogen and oxygen atoms in total. The summed E-state index contributed by atoms with van der Waals surface area (Å²) >= 11 is 6.02. The molecule has 13 heavy (non-hydrogen) atoms. The molecule has 0 bridgehead atoms. The van der Waals surface area contributed by atoms with Gasteiger partial charge in [0, 0.05) is 7.11 Å². The van der Waals surface area contributed by atoms with E-state index in [-0.39, 0.29) is 6.04 Å². The van der Waals surface area contributed by atoms with Gasteiger partial charge in [-0.25, -0.2) is 0 Å². The minimum atomic E-state index is 0.145. The fourth-order valence-corrected chi connectivity index (χ4v) is 1.77. The molecule has 0 spiro atoms. The molecular weight excluding hydrogens is 190 g/mol. The highest BCUT2D eigenvalue weighted by atomic mass is 35.5. The number of hydrogen-bond donors (Lipinski definition) is 0. The number of hydroxylamine groups is 2. The third-order valence-electron chi connectivity index (χ3n) is 2.33. The lowest BCUT2D eigenvalue weighted by molar-refractivity contribution is -0.169. The number of halogens is 1. The minimum absolute atomic E-state index is 0.145. The largest absolute Gasteiger partial charge is 0.410 e. The molecule has 76 valence electrons. The molecule has 0 radical (unpaired) electrons. The van der Waals surface area contributed by atoms with E-state index in [1.807, 2.05) is 0 Å². The summed E-state index contributed by atoms with van der Waals surface area (Å²) in [6.07, 6.45) is 2.65. The number of rotatable bonds is 4. The summed E-state index contributed by atoms with van der Waals surface area (Å²) in [6.45, 7) is 4.73. The molecule has 0 saturated heterocycles. The predicted octanol–water partition coefficient (Wildman–Crippen LogP) is 2.33. The fraction of sp³-hybridized carbons (Fsp3) is 0.778. The number of ether oxygens (including phenoxy) is 1. The van der Waals surface area contributed by atoms with Crippen molar-refractivity contribution < 1.29 is 9.57 Å². The lowest BCUT2D eigenvalue weighted by Crippen LogP contribution is -2.36. The van der Waals surface area contributed by atoms with Crippen molar-refractivity contribution in [2.24, 2.45) is 5.92 Å². The van der Waals surface area contributed by atoms with Gasteiger partial charge in [-0.2, -0.15) is 0 Å². The van der Waals surface area contributed by atoms with Gasteiger partial charge in [-0.05, 0) is 5.92 Å². The van der Waals surface area contributed by atoms with E-state index in [4.69, 9.17) is 21.2 Å². The van der Waals surface area contributed by atoms with E-state index in [0.29, 0.717) is 12.6 Å². The summed E-state index contributed by atoms with van der Waals surface area (Å²) in [4.78, 5) is 5.26. The quantitative estimate of drug-likeness (QED) is 0.703. The van der Waals surface area contributed by atoms with Crippen molar-refractivity contribution in [3.63, 3.8) is 0 Å². The molecule has 0 aromatic carbocycles. The Morgan fingerprint density at radius 3 is 3.00 bits per heavy atom. The van der Waals surface area contributed by atoms with E-state index in [2.05, 4.69) is 13.8 Å². The van der Waals surface area contributed by atoms with Crippen molar-refractivity contribution in [1.29, 1.82) is 0 Å². The van der Waals surface area contributed by atoms with Crippen molar-refractivity contribution in [2.45, 2.75) is 26.3 Å². The summed E-state index contributed by atoms with van der Waals surface area (Å²) in [6, 6.07) is 0.145. The third kappa shape index (κ3) is 2.36. The summed E-state index contributed by atoms with van der Waals surface area (Å²) in [5, 5.41) is 2.52. The summed E-state index contributed by atoms with van der Waals surface area (Å²) in [7, 11) is 1.64. The Labute approximate surface area is 84.2 Å². The Morgan fingerprint density at radius 2 is 2.46 bits per heavy atom. The first-order valence-corrected chi connectivity index (χ1v) is 4.86. The van der Waals surface area contributed by atoms with Gasteiger partial charge in [-0.3, -0.25) is 0 Å². The predicted molar refractivity (Wildman–Crippen MR) is 52.0 cm³/mol. The number of methoxy groups -OCH3 is 1. The molecule has 2 atom stereocenters. The highest BCUT2D eigenvalue weighted by Crippen LogP contribution is 2.29. The maximum Gasteiger partial charge on any atom is 0.133 e. The fourth-order valence-electron chi connectivity index (χ4n) is 1.41. The molecule has 0 N–H and O–H groups in total. The second-order valence-electron chi connectivity index (χ2n) is 3.27. The van der Waals surface area contributed by atoms with Crippen LogP contribution in [-0.4, -0.2) is 24.9 Å². The molecular formula is C9H16ClNO2. The van der Waals surface area contributed by atoms with Crippen LogP contribution in [0.4, 0.5) is 0 Å². The molecule has 0 aliphatic carbocycles. The van der Waals surface area contributed by atoms with Crippen LogP contribution in [0.1, 0.15) is 20.3 Å². The molecule has 0 aromatic heterocycles. The molecule has 0 fully saturated rings. The first-order chi connectivity index (χ1) is 6.20. The monoisotopic (exact) mass is 205 g/mol. The maximum atomic E-state index is 6.02. The lowest BCUT2D eigenvalue weighted by Gasteiger charge is -2.26. The average molecular weight is 206 g/mol. The summed E-state index contributed by atoms with van der Waals surface area (Å²) in [5.74, 6) is 0.474. The molecule has 1 aliphatic rings. The minimum Gasteiger partial charge on any atom is -0.410 e. The zero-order valence-corrected chi connectivity index (χ0v) is 9.04. The number of nitrogens with zero attached hydrogens (tertiary/aromatic N) is 1. The topological polar surface area (TPSA) is 21.7 Å². The van der Waals surface area contributed by atoms with Crippen LogP contribution in [0.2, 0.25) is 0 Å². The van der Waals surface area contributed by atoms with Crippen molar-refractivity contribution in [1.82, 2.24) is 5.06 Å². The molecule has 1 heterocycles. The molecule has 1 rings (SSSR count). The van der Waals surface area contributed by atoms with Gasteiger partial charge < -0.3 is 9.57 Å². The Morgan fingerprint density at radius 1 is 1.77 bits per heavy atom. The Balaban J connectivity index is 2.59. The van der Waals surface area contributed by atoms with Crippen LogP contribution in [-0.2, 0) is 9.57 Å². The zero-order chi connectivity index (χ0) is 9.84. The molecule has 0 saturated carbocycles. The maximum absolute atomic E-state index is 6.02. The second-order valence-corrected chi connectivity index (χ2v) is 3.71. The Bertz CT molecular complexity index is 196. The van der Waals surface area contributed by atoms with E-state index >= 15 is 0 Å². The van der Waals surface area contributed by atoms with Crippen molar-refractivity contribution >= 4 is 11.6 Å². The molecule has 1 aliphatic heterocycles. The van der Waals surface area contributed by atoms with Gasteiger partial charge in [0.05, 0.1) is 11.1 Å². The molecule has 4 heteroatoms. The molecule has 0 amide bonds. The van der Waals surface area contributed by atoms with Crippen LogP contribution in [0.25, 0.3) is 0 Å². The van der Waals surface area contributed by atoms with Crippen LogP contribution in [0, 0.1) is 5.92 Å². The second kappa shape index (κ2) is 4.84. The number of hydrogen-bond acceptors (Lipinski definition) is 3. The van der Waals surface area contributed by atoms with E-state index in [9.17, 15) is 0 Å². The highest BCUT2D eigenvalue weighted by molar-refractivity contribution is 6.30. The zero-order valence-electron chi connectivity index (χ0n) is 8.29. The van der Waals surface area contributed by atoms with Gasteiger partial charge in [0.2, 0.25) is 0 Å². The normalized spacial score (nSPS) is 25.5. The van der Waals surface area contributed by atoms with Gasteiger partial charge in [0.1, 0.15) is 13.0 Å². The van der Waals surface area contributed by atoms with Gasteiger partial charge in [0.15, 0.2) is 0 Å². The van der Waals surface area contributed by atoms with Crippen LogP contribution in [0.15, 0.2) is 11.3 Å². The van der Waals surface area contributed by atoms with Crippen molar-refractivity contribution in [3.8, 4) is 0 Å². The van der Waals surface area contributed by atoms with Gasteiger partial charge in [-0.15, -0.1) is 5.06 Å². The van der Waals surface area contributed by atoms with Crippen LogP contribution in [0.3, 0.4) is 0 Å². The van der Waals surface area contributed by atoms with Gasteiger partial charge >= 0.3 is 0 Å². The van der Waals surface area contributed by atoms with Crippen molar-refractivity contribution in [2.75, 3.05) is 13.8 Å². The van der Waals surface area contributed by atoms with E-state index in [1.54, 1.807) is 18.4 Å².